The number of benzene rings is 1. The smallest absolute Gasteiger partial charge is 0.319 e. The van der Waals surface area contributed by atoms with Crippen molar-refractivity contribution in [2.75, 3.05) is 13.2 Å². The largest absolute Gasteiger partial charge is 0.465 e. The van der Waals surface area contributed by atoms with Crippen molar-refractivity contribution >= 4 is 5.97 Å². The van der Waals surface area contributed by atoms with Gasteiger partial charge in [0.15, 0.2) is 0 Å². The quantitative estimate of drug-likeness (QED) is 0.784. The van der Waals surface area contributed by atoms with E-state index in [0.717, 1.165) is 0 Å². The maximum Gasteiger partial charge on any atom is 0.319 e. The molecule has 0 aliphatic heterocycles. The van der Waals surface area contributed by atoms with Crippen LogP contribution in [-0.4, -0.2) is 19.1 Å². The molecule has 1 N–H and O–H groups in total. The molecule has 0 unspecified atom stereocenters. The number of hydrogen-bond donors (Lipinski definition) is 1. The zero-order valence-corrected chi connectivity index (χ0v) is 9.50. The van der Waals surface area contributed by atoms with E-state index in [1.807, 2.05) is 6.07 Å². The van der Waals surface area contributed by atoms with Crippen molar-refractivity contribution in [1.29, 1.82) is 5.26 Å². The van der Waals surface area contributed by atoms with Crippen LogP contribution in [-0.2, 0) is 16.1 Å². The van der Waals surface area contributed by atoms with Crippen LogP contribution >= 0.6 is 0 Å². The van der Waals surface area contributed by atoms with Crippen molar-refractivity contribution in [3.8, 4) is 6.07 Å². The third kappa shape index (κ3) is 4.21. The van der Waals surface area contributed by atoms with Gasteiger partial charge in [-0.15, -0.1) is 0 Å². The molecule has 0 heterocycles. The van der Waals surface area contributed by atoms with Crippen LogP contribution in [0, 0.1) is 17.1 Å². The molecule has 1 rings (SSSR count). The monoisotopic (exact) mass is 236 g/mol. The van der Waals surface area contributed by atoms with Crippen LogP contribution in [0.15, 0.2) is 18.2 Å². The normalized spacial score (nSPS) is 9.71. The third-order valence-electron chi connectivity index (χ3n) is 2.06. The van der Waals surface area contributed by atoms with E-state index in [1.165, 1.54) is 18.2 Å². The summed E-state index contributed by atoms with van der Waals surface area (Å²) in [7, 11) is 0. The highest BCUT2D eigenvalue weighted by Crippen LogP contribution is 2.09. The fraction of sp³-hybridized carbons (Fsp3) is 0.333. The van der Waals surface area contributed by atoms with Crippen molar-refractivity contribution in [3.05, 3.63) is 35.1 Å². The van der Waals surface area contributed by atoms with Crippen LogP contribution in [0.25, 0.3) is 0 Å². The Morgan fingerprint density at radius 3 is 3.00 bits per heavy atom. The van der Waals surface area contributed by atoms with Gasteiger partial charge in [-0.3, -0.25) is 4.79 Å². The van der Waals surface area contributed by atoms with E-state index in [4.69, 9.17) is 10.00 Å². The summed E-state index contributed by atoms with van der Waals surface area (Å²) in [6.45, 7) is 2.23. The van der Waals surface area contributed by atoms with Crippen molar-refractivity contribution in [1.82, 2.24) is 5.32 Å². The second kappa shape index (κ2) is 6.61. The van der Waals surface area contributed by atoms with Gasteiger partial charge in [-0.05, 0) is 25.1 Å². The predicted molar refractivity (Wildman–Crippen MR) is 59.5 cm³/mol. The zero-order chi connectivity index (χ0) is 12.7. The molecule has 0 spiro atoms. The molecule has 0 bridgehead atoms. The van der Waals surface area contributed by atoms with Crippen molar-refractivity contribution in [2.45, 2.75) is 13.5 Å². The molecular weight excluding hydrogens is 223 g/mol. The molecule has 0 atom stereocenters. The summed E-state index contributed by atoms with van der Waals surface area (Å²) in [5.74, 6) is -0.787. The lowest BCUT2D eigenvalue weighted by Gasteiger charge is -2.06. The number of halogens is 1. The van der Waals surface area contributed by atoms with Crippen LogP contribution < -0.4 is 5.32 Å². The number of esters is 1. The topological polar surface area (TPSA) is 62.1 Å². The maximum atomic E-state index is 13.3. The van der Waals surface area contributed by atoms with Gasteiger partial charge in [-0.1, -0.05) is 0 Å². The molecule has 4 nitrogen and oxygen atoms in total. The number of nitrogens with one attached hydrogen (secondary N) is 1. The standard InChI is InChI=1S/C12H13FN2O2/c1-2-17-12(16)8-15-7-10-5-9(6-14)3-4-11(10)13/h3-5,15H,2,7-8H2,1H3. The number of rotatable bonds is 5. The second-order valence-electron chi connectivity index (χ2n) is 3.33. The fourth-order valence-corrected chi connectivity index (χ4v) is 1.29. The van der Waals surface area contributed by atoms with Crippen LogP contribution in [0.3, 0.4) is 0 Å². The van der Waals surface area contributed by atoms with Gasteiger partial charge in [0.2, 0.25) is 0 Å². The van der Waals surface area contributed by atoms with Gasteiger partial charge < -0.3 is 10.1 Å². The summed E-state index contributed by atoms with van der Waals surface area (Å²) < 4.78 is 18.0. The van der Waals surface area contributed by atoms with Crippen LogP contribution in [0.5, 0.6) is 0 Å². The highest BCUT2D eigenvalue weighted by atomic mass is 19.1. The Bertz CT molecular complexity index is 441. The number of carbonyl (C=O) groups excluding carboxylic acids is 1. The van der Waals surface area contributed by atoms with Gasteiger partial charge in [0.25, 0.3) is 0 Å². The second-order valence-corrected chi connectivity index (χ2v) is 3.33. The van der Waals surface area contributed by atoms with Gasteiger partial charge in [-0.2, -0.15) is 5.26 Å². The summed E-state index contributed by atoms with van der Waals surface area (Å²) in [5.41, 5.74) is 0.743. The lowest BCUT2D eigenvalue weighted by Crippen LogP contribution is -2.24. The molecular formula is C12H13FN2O2. The number of nitrogens with zero attached hydrogens (tertiary/aromatic N) is 1. The van der Waals surface area contributed by atoms with Crippen molar-refractivity contribution in [2.24, 2.45) is 0 Å². The first kappa shape index (κ1) is 13.1. The molecule has 0 aliphatic rings. The van der Waals surface area contributed by atoms with Gasteiger partial charge in [0, 0.05) is 12.1 Å². The molecule has 0 fully saturated rings. The highest BCUT2D eigenvalue weighted by molar-refractivity contribution is 5.71. The molecule has 0 saturated carbocycles. The highest BCUT2D eigenvalue weighted by Gasteiger charge is 2.05. The van der Waals surface area contributed by atoms with Crippen LogP contribution in [0.2, 0.25) is 0 Å². The Hall–Kier alpha value is -1.93. The minimum absolute atomic E-state index is 0.0179. The van der Waals surface area contributed by atoms with E-state index in [9.17, 15) is 9.18 Å². The summed E-state index contributed by atoms with van der Waals surface area (Å²) in [6.07, 6.45) is 0. The average Bonchev–Trinajstić information content (AvgIpc) is 2.32. The van der Waals surface area contributed by atoms with E-state index >= 15 is 0 Å². The number of nitriles is 1. The minimum atomic E-state index is -0.402. The predicted octanol–water partition coefficient (Wildman–Crippen LogP) is 1.35. The Morgan fingerprint density at radius 1 is 1.59 bits per heavy atom. The van der Waals surface area contributed by atoms with Gasteiger partial charge in [-0.25, -0.2) is 4.39 Å². The molecule has 1 aromatic rings. The Balaban J connectivity index is 2.52. The number of hydrogen-bond acceptors (Lipinski definition) is 4. The van der Waals surface area contributed by atoms with Crippen LogP contribution in [0.1, 0.15) is 18.1 Å². The SMILES string of the molecule is CCOC(=O)CNCc1cc(C#N)ccc1F. The third-order valence-corrected chi connectivity index (χ3v) is 2.06. The van der Waals surface area contributed by atoms with Gasteiger partial charge in [0.1, 0.15) is 5.82 Å². The lowest BCUT2D eigenvalue weighted by atomic mass is 10.1. The average molecular weight is 236 g/mol. The van der Waals surface area contributed by atoms with E-state index in [2.05, 4.69) is 5.32 Å². The fourth-order valence-electron chi connectivity index (χ4n) is 1.29. The maximum absolute atomic E-state index is 13.3. The molecule has 0 aromatic heterocycles. The van der Waals surface area contributed by atoms with Crippen molar-refractivity contribution in [3.63, 3.8) is 0 Å². The molecule has 5 heteroatoms. The van der Waals surface area contributed by atoms with E-state index in [0.29, 0.717) is 17.7 Å². The molecule has 0 radical (unpaired) electrons. The van der Waals surface area contributed by atoms with Gasteiger partial charge in [0.05, 0.1) is 24.8 Å². The Kier molecular flexibility index (Phi) is 5.11. The first-order valence-corrected chi connectivity index (χ1v) is 5.22. The summed E-state index contributed by atoms with van der Waals surface area (Å²) in [6, 6.07) is 6.02. The van der Waals surface area contributed by atoms with Crippen molar-refractivity contribution < 1.29 is 13.9 Å². The molecule has 90 valence electrons. The van der Waals surface area contributed by atoms with Gasteiger partial charge >= 0.3 is 5.97 Å². The first-order chi connectivity index (χ1) is 8.17. The van der Waals surface area contributed by atoms with E-state index < -0.39 is 5.82 Å². The molecule has 0 aliphatic carbocycles. The Morgan fingerprint density at radius 2 is 2.35 bits per heavy atom. The summed E-state index contributed by atoms with van der Waals surface area (Å²) in [5, 5.41) is 11.4. The van der Waals surface area contributed by atoms with Crippen LogP contribution in [0.4, 0.5) is 4.39 Å². The lowest BCUT2D eigenvalue weighted by molar-refractivity contribution is -0.142. The Labute approximate surface area is 99.0 Å². The number of ether oxygens (including phenoxy) is 1. The molecule has 0 amide bonds. The minimum Gasteiger partial charge on any atom is -0.465 e. The number of carbonyl (C=O) groups is 1. The molecule has 0 saturated heterocycles. The first-order valence-electron chi connectivity index (χ1n) is 5.22. The summed E-state index contributed by atoms with van der Waals surface area (Å²) >= 11 is 0. The van der Waals surface area contributed by atoms with E-state index in [-0.39, 0.29) is 19.1 Å². The zero-order valence-electron chi connectivity index (χ0n) is 9.50. The van der Waals surface area contributed by atoms with E-state index in [1.54, 1.807) is 6.92 Å². The molecule has 1 aromatic carbocycles. The molecule has 17 heavy (non-hydrogen) atoms. The summed E-state index contributed by atoms with van der Waals surface area (Å²) in [4.78, 5) is 11.0.